The van der Waals surface area contributed by atoms with Crippen LogP contribution in [-0.2, 0) is 6.54 Å². The van der Waals surface area contributed by atoms with Crippen molar-refractivity contribution in [2.75, 3.05) is 5.32 Å². The van der Waals surface area contributed by atoms with Crippen molar-refractivity contribution in [2.45, 2.75) is 32.7 Å². The SMILES string of the molecule is CC[C@@H](C)c1ccc(NC(=NCc2ccncc2)NC(=O)c2ccc(F)c(F)c2)cc1. The van der Waals surface area contributed by atoms with Crippen LogP contribution in [-0.4, -0.2) is 16.9 Å². The molecule has 2 aromatic carbocycles. The third-order valence-corrected chi connectivity index (χ3v) is 4.94. The van der Waals surface area contributed by atoms with Crippen LogP contribution in [0.15, 0.2) is 72.0 Å². The molecule has 2 N–H and O–H groups in total. The average molecular weight is 422 g/mol. The number of hydrogen-bond donors (Lipinski definition) is 2. The molecule has 1 amide bonds. The van der Waals surface area contributed by atoms with Crippen molar-refractivity contribution in [3.63, 3.8) is 0 Å². The molecule has 3 aromatic rings. The van der Waals surface area contributed by atoms with Crippen LogP contribution in [0, 0.1) is 11.6 Å². The van der Waals surface area contributed by atoms with E-state index < -0.39 is 17.5 Å². The van der Waals surface area contributed by atoms with Gasteiger partial charge in [0.05, 0.1) is 6.54 Å². The fraction of sp³-hybridized carbons (Fsp3) is 0.208. The van der Waals surface area contributed by atoms with Crippen LogP contribution >= 0.6 is 0 Å². The van der Waals surface area contributed by atoms with E-state index in [1.165, 1.54) is 11.6 Å². The van der Waals surface area contributed by atoms with Gasteiger partial charge in [-0.25, -0.2) is 13.8 Å². The summed E-state index contributed by atoms with van der Waals surface area (Å²) in [5.74, 6) is -2.06. The predicted octanol–water partition coefficient (Wildman–Crippen LogP) is 5.27. The van der Waals surface area contributed by atoms with E-state index in [0.29, 0.717) is 12.5 Å². The molecule has 160 valence electrons. The topological polar surface area (TPSA) is 66.4 Å². The number of nitrogens with zero attached hydrogens (tertiary/aromatic N) is 2. The van der Waals surface area contributed by atoms with E-state index in [0.717, 1.165) is 29.8 Å². The molecule has 31 heavy (non-hydrogen) atoms. The second-order valence-electron chi connectivity index (χ2n) is 7.16. The maximum atomic E-state index is 13.5. The van der Waals surface area contributed by atoms with Crippen molar-refractivity contribution < 1.29 is 13.6 Å². The summed E-state index contributed by atoms with van der Waals surface area (Å²) in [7, 11) is 0. The van der Waals surface area contributed by atoms with Gasteiger partial charge < -0.3 is 5.32 Å². The van der Waals surface area contributed by atoms with E-state index in [1.54, 1.807) is 12.4 Å². The summed E-state index contributed by atoms with van der Waals surface area (Å²) < 4.78 is 26.7. The first kappa shape index (κ1) is 22.1. The minimum Gasteiger partial charge on any atom is -0.326 e. The third kappa shape index (κ3) is 6.18. The Morgan fingerprint density at radius 3 is 2.39 bits per heavy atom. The summed E-state index contributed by atoms with van der Waals surface area (Å²) in [5.41, 5.74) is 2.85. The highest BCUT2D eigenvalue weighted by Gasteiger charge is 2.13. The third-order valence-electron chi connectivity index (χ3n) is 4.94. The van der Waals surface area contributed by atoms with E-state index in [4.69, 9.17) is 0 Å². The van der Waals surface area contributed by atoms with E-state index >= 15 is 0 Å². The van der Waals surface area contributed by atoms with Gasteiger partial charge >= 0.3 is 0 Å². The summed E-state index contributed by atoms with van der Waals surface area (Å²) in [6, 6.07) is 14.5. The molecular formula is C24H24F2N4O. The quantitative estimate of drug-likeness (QED) is 0.420. The second kappa shape index (κ2) is 10.4. The van der Waals surface area contributed by atoms with E-state index in [-0.39, 0.29) is 11.5 Å². The highest BCUT2D eigenvalue weighted by Crippen LogP contribution is 2.20. The van der Waals surface area contributed by atoms with Gasteiger partial charge in [0.2, 0.25) is 5.96 Å². The van der Waals surface area contributed by atoms with Crippen LogP contribution < -0.4 is 10.6 Å². The van der Waals surface area contributed by atoms with Crippen LogP contribution in [0.2, 0.25) is 0 Å². The molecule has 0 unspecified atom stereocenters. The number of amides is 1. The molecule has 0 aliphatic heterocycles. The van der Waals surface area contributed by atoms with Gasteiger partial charge in [0.25, 0.3) is 5.91 Å². The second-order valence-corrected chi connectivity index (χ2v) is 7.16. The maximum absolute atomic E-state index is 13.5. The largest absolute Gasteiger partial charge is 0.326 e. The number of guanidine groups is 1. The first-order chi connectivity index (χ1) is 15.0. The molecule has 0 radical (unpaired) electrons. The number of nitrogens with one attached hydrogen (secondary N) is 2. The first-order valence-corrected chi connectivity index (χ1v) is 10.0. The van der Waals surface area contributed by atoms with Crippen LogP contribution in [0.5, 0.6) is 0 Å². The van der Waals surface area contributed by atoms with Gasteiger partial charge in [0.15, 0.2) is 11.6 Å². The smallest absolute Gasteiger partial charge is 0.258 e. The molecule has 0 bridgehead atoms. The van der Waals surface area contributed by atoms with E-state index in [2.05, 4.69) is 34.5 Å². The number of benzene rings is 2. The number of halogens is 2. The van der Waals surface area contributed by atoms with Gasteiger partial charge in [0, 0.05) is 23.6 Å². The van der Waals surface area contributed by atoms with Crippen LogP contribution in [0.3, 0.4) is 0 Å². The zero-order valence-electron chi connectivity index (χ0n) is 17.4. The lowest BCUT2D eigenvalue weighted by Crippen LogP contribution is -2.36. The Morgan fingerprint density at radius 2 is 1.74 bits per heavy atom. The molecule has 0 fully saturated rings. The zero-order chi connectivity index (χ0) is 22.2. The Labute approximate surface area is 180 Å². The van der Waals surface area contributed by atoms with Gasteiger partial charge in [-0.15, -0.1) is 0 Å². The van der Waals surface area contributed by atoms with Gasteiger partial charge in [-0.05, 0) is 65.9 Å². The Balaban J connectivity index is 1.80. The van der Waals surface area contributed by atoms with Crippen LogP contribution in [0.1, 0.15) is 47.7 Å². The van der Waals surface area contributed by atoms with E-state index in [1.807, 2.05) is 36.4 Å². The number of carbonyl (C=O) groups excluding carboxylic acids is 1. The maximum Gasteiger partial charge on any atom is 0.258 e. The molecule has 5 nitrogen and oxygen atoms in total. The number of anilines is 1. The van der Waals surface area contributed by atoms with E-state index in [9.17, 15) is 13.6 Å². The Hall–Kier alpha value is -3.61. The average Bonchev–Trinajstić information content (AvgIpc) is 2.79. The molecule has 3 rings (SSSR count). The zero-order valence-corrected chi connectivity index (χ0v) is 17.4. The van der Waals surface area contributed by atoms with Crippen molar-refractivity contribution >= 4 is 17.6 Å². The molecule has 0 spiro atoms. The monoisotopic (exact) mass is 422 g/mol. The lowest BCUT2D eigenvalue weighted by atomic mass is 9.99. The normalized spacial score (nSPS) is 12.3. The number of aromatic nitrogens is 1. The van der Waals surface area contributed by atoms with Crippen molar-refractivity contribution in [1.29, 1.82) is 0 Å². The van der Waals surface area contributed by atoms with Gasteiger partial charge in [-0.1, -0.05) is 26.0 Å². The Bertz CT molecular complexity index is 1050. The summed E-state index contributed by atoms with van der Waals surface area (Å²) in [6.45, 7) is 4.59. The van der Waals surface area contributed by atoms with Crippen LogP contribution in [0.4, 0.5) is 14.5 Å². The minimum absolute atomic E-state index is 0.00979. The fourth-order valence-electron chi connectivity index (χ4n) is 2.85. The molecule has 0 aliphatic rings. The van der Waals surface area contributed by atoms with Crippen molar-refractivity contribution in [3.8, 4) is 0 Å². The minimum atomic E-state index is -1.09. The molecule has 1 aromatic heterocycles. The van der Waals surface area contributed by atoms with Gasteiger partial charge in [-0.3, -0.25) is 15.1 Å². The van der Waals surface area contributed by atoms with Crippen molar-refractivity contribution in [3.05, 3.63) is 95.3 Å². The molecule has 1 heterocycles. The van der Waals surface area contributed by atoms with Crippen molar-refractivity contribution in [2.24, 2.45) is 4.99 Å². The highest BCUT2D eigenvalue weighted by atomic mass is 19.2. The molecule has 0 aliphatic carbocycles. The summed E-state index contributed by atoms with van der Waals surface area (Å²) in [6.07, 6.45) is 4.35. The van der Waals surface area contributed by atoms with Crippen LogP contribution in [0.25, 0.3) is 0 Å². The number of pyridine rings is 1. The molecule has 0 saturated carbocycles. The molecule has 1 atom stereocenters. The summed E-state index contributed by atoms with van der Waals surface area (Å²) >= 11 is 0. The Morgan fingerprint density at radius 1 is 1.03 bits per heavy atom. The standard InChI is InChI=1S/C24H24F2N4O/c1-3-16(2)18-4-7-20(8-5-18)29-24(28-15-17-10-12-27-13-11-17)30-23(31)19-6-9-21(25)22(26)14-19/h4-14,16H,3,15H2,1-2H3,(H2,28,29,30,31)/t16-/m1/s1. The fourth-order valence-corrected chi connectivity index (χ4v) is 2.85. The molecule has 0 saturated heterocycles. The lowest BCUT2D eigenvalue weighted by molar-refractivity contribution is 0.0976. The van der Waals surface area contributed by atoms with Crippen molar-refractivity contribution in [1.82, 2.24) is 10.3 Å². The molecule has 7 heteroatoms. The molecular weight excluding hydrogens is 398 g/mol. The van der Waals surface area contributed by atoms with Gasteiger partial charge in [0.1, 0.15) is 0 Å². The number of carbonyl (C=O) groups is 1. The van der Waals surface area contributed by atoms with Gasteiger partial charge in [-0.2, -0.15) is 0 Å². The summed E-state index contributed by atoms with van der Waals surface area (Å²) in [5, 5.41) is 5.74. The lowest BCUT2D eigenvalue weighted by Gasteiger charge is -2.14. The Kier molecular flexibility index (Phi) is 7.43. The predicted molar refractivity (Wildman–Crippen MR) is 118 cm³/mol. The number of rotatable bonds is 6. The highest BCUT2D eigenvalue weighted by molar-refractivity contribution is 6.09. The number of hydrogen-bond acceptors (Lipinski definition) is 3. The first-order valence-electron chi connectivity index (χ1n) is 10.0. The summed E-state index contributed by atoms with van der Waals surface area (Å²) in [4.78, 5) is 21.0. The number of aliphatic imine (C=N–C) groups is 1.